The Morgan fingerprint density at radius 3 is 2.74 bits per heavy atom. The van der Waals surface area contributed by atoms with Crippen LogP contribution in [0.2, 0.25) is 5.15 Å². The second-order valence-electron chi connectivity index (χ2n) is 7.98. The summed E-state index contributed by atoms with van der Waals surface area (Å²) in [5.74, 6) is 0.182. The summed E-state index contributed by atoms with van der Waals surface area (Å²) in [6.07, 6.45) is 3.53. The molecule has 0 unspecified atom stereocenters. The highest BCUT2D eigenvalue weighted by Gasteiger charge is 2.30. The molecule has 3 aromatic heterocycles. The summed E-state index contributed by atoms with van der Waals surface area (Å²) in [6, 6.07) is 13.6. The molecule has 1 aliphatic heterocycles. The van der Waals surface area contributed by atoms with Crippen molar-refractivity contribution in [3.05, 3.63) is 94.3 Å². The van der Waals surface area contributed by atoms with E-state index < -0.39 is 6.04 Å². The molecule has 0 saturated heterocycles. The third-order valence-corrected chi connectivity index (χ3v) is 6.15. The van der Waals surface area contributed by atoms with E-state index in [0.717, 1.165) is 33.8 Å². The number of allylic oxidation sites excluding steroid dienone is 1. The average Bonchev–Trinajstić information content (AvgIpc) is 3.62. The van der Waals surface area contributed by atoms with E-state index in [1.807, 2.05) is 37.3 Å². The molecule has 0 fully saturated rings. The molecule has 1 atom stereocenters. The molecule has 13 heteroatoms. The minimum absolute atomic E-state index is 0.292. The van der Waals surface area contributed by atoms with Gasteiger partial charge in [0.15, 0.2) is 0 Å². The summed E-state index contributed by atoms with van der Waals surface area (Å²) in [6.45, 7) is 2.29. The van der Waals surface area contributed by atoms with Crippen LogP contribution in [0, 0.1) is 12.7 Å². The molecule has 1 aliphatic rings. The summed E-state index contributed by atoms with van der Waals surface area (Å²) in [5, 5.41) is 31.9. The number of tetrazole rings is 2. The molecule has 1 N–H and O–H groups in total. The molecule has 35 heavy (non-hydrogen) atoms. The number of anilines is 1. The van der Waals surface area contributed by atoms with Gasteiger partial charge >= 0.3 is 0 Å². The molecule has 0 bridgehead atoms. The number of hydrogen-bond acceptors (Lipinski definition) is 8. The van der Waals surface area contributed by atoms with Gasteiger partial charge in [-0.3, -0.25) is 0 Å². The number of fused-ring (bicyclic) bond motifs is 1. The summed E-state index contributed by atoms with van der Waals surface area (Å²) in [5.41, 5.74) is 4.89. The molecule has 0 radical (unpaired) electrons. The third-order valence-electron chi connectivity index (χ3n) is 5.75. The fourth-order valence-corrected chi connectivity index (χ4v) is 4.44. The molecule has 0 aliphatic carbocycles. The Morgan fingerprint density at radius 1 is 1.09 bits per heavy atom. The van der Waals surface area contributed by atoms with Gasteiger partial charge in [-0.25, -0.2) is 13.8 Å². The summed E-state index contributed by atoms with van der Waals surface area (Å²) < 4.78 is 18.2. The fraction of sp³-hybridized carbons (Fsp3) is 0.136. The molecule has 6 rings (SSSR count). The highest BCUT2D eigenvalue weighted by Crippen LogP contribution is 2.37. The van der Waals surface area contributed by atoms with E-state index in [4.69, 9.17) is 11.6 Å². The van der Waals surface area contributed by atoms with Crippen LogP contribution in [0.1, 0.15) is 28.4 Å². The Hall–Kier alpha value is -4.45. The van der Waals surface area contributed by atoms with Gasteiger partial charge in [0.2, 0.25) is 5.95 Å². The van der Waals surface area contributed by atoms with Crippen molar-refractivity contribution in [2.45, 2.75) is 19.5 Å². The monoisotopic (exact) mass is 489 g/mol. The van der Waals surface area contributed by atoms with Crippen LogP contribution in [-0.4, -0.2) is 50.2 Å². The number of benzene rings is 2. The lowest BCUT2D eigenvalue weighted by Crippen LogP contribution is -2.21. The maximum absolute atomic E-state index is 13.3. The van der Waals surface area contributed by atoms with Crippen molar-refractivity contribution in [1.82, 2.24) is 50.2 Å². The van der Waals surface area contributed by atoms with Crippen LogP contribution < -0.4 is 5.32 Å². The van der Waals surface area contributed by atoms with E-state index in [9.17, 15) is 4.39 Å². The lowest BCUT2D eigenvalue weighted by Gasteiger charge is -2.23. The standard InChI is InChI=1S/C22H17ClFN11/c1-13-20(21(23)33(28-13)11-14-5-7-16(24)8-6-14)19-10-18(26-22-27-30-32-35(19)22)15-3-2-4-17(9-15)34-12-25-29-31-34/h2-10,12,19H,11H2,1H3,(H,26,27,32)/t19-/m1/s1. The highest BCUT2D eigenvalue weighted by molar-refractivity contribution is 6.30. The van der Waals surface area contributed by atoms with Gasteiger partial charge in [-0.05, 0) is 69.2 Å². The van der Waals surface area contributed by atoms with Crippen molar-refractivity contribution in [1.29, 1.82) is 0 Å². The number of aryl methyl sites for hydroxylation is 1. The van der Waals surface area contributed by atoms with Crippen molar-refractivity contribution >= 4 is 23.2 Å². The predicted octanol–water partition coefficient (Wildman–Crippen LogP) is 3.05. The normalized spacial score (nSPS) is 14.9. The van der Waals surface area contributed by atoms with Crippen LogP contribution in [0.15, 0.2) is 60.9 Å². The summed E-state index contributed by atoms with van der Waals surface area (Å²) >= 11 is 6.83. The number of rotatable bonds is 5. The van der Waals surface area contributed by atoms with Crippen molar-refractivity contribution < 1.29 is 4.39 Å². The van der Waals surface area contributed by atoms with Gasteiger partial charge in [0, 0.05) is 11.3 Å². The van der Waals surface area contributed by atoms with Crippen molar-refractivity contribution in [3.8, 4) is 5.69 Å². The number of nitrogens with one attached hydrogen (secondary N) is 1. The molecule has 2 aromatic carbocycles. The van der Waals surface area contributed by atoms with E-state index in [1.165, 1.54) is 18.5 Å². The first-order valence-corrected chi connectivity index (χ1v) is 11.0. The summed E-state index contributed by atoms with van der Waals surface area (Å²) in [7, 11) is 0. The first-order chi connectivity index (χ1) is 17.1. The van der Waals surface area contributed by atoms with Crippen LogP contribution in [0.3, 0.4) is 0 Å². The minimum atomic E-state index is -0.401. The van der Waals surface area contributed by atoms with Gasteiger partial charge in [0.25, 0.3) is 0 Å². The fourth-order valence-electron chi connectivity index (χ4n) is 4.09. The smallest absolute Gasteiger partial charge is 0.248 e. The number of hydrogen-bond donors (Lipinski definition) is 1. The molecule has 11 nitrogen and oxygen atoms in total. The van der Waals surface area contributed by atoms with E-state index in [2.05, 4.69) is 41.5 Å². The van der Waals surface area contributed by atoms with E-state index >= 15 is 0 Å². The second-order valence-corrected chi connectivity index (χ2v) is 8.33. The zero-order valence-electron chi connectivity index (χ0n) is 18.3. The molecule has 0 spiro atoms. The average molecular weight is 490 g/mol. The van der Waals surface area contributed by atoms with Crippen LogP contribution in [-0.2, 0) is 6.54 Å². The zero-order valence-corrected chi connectivity index (χ0v) is 19.0. The van der Waals surface area contributed by atoms with Gasteiger partial charge in [-0.15, -0.1) is 5.10 Å². The third kappa shape index (κ3) is 3.83. The van der Waals surface area contributed by atoms with E-state index in [-0.39, 0.29) is 5.82 Å². The highest BCUT2D eigenvalue weighted by atomic mass is 35.5. The van der Waals surface area contributed by atoms with Gasteiger partial charge in [0.1, 0.15) is 23.3 Å². The zero-order chi connectivity index (χ0) is 23.9. The molecule has 4 heterocycles. The van der Waals surface area contributed by atoms with Gasteiger partial charge in [-0.2, -0.15) is 9.78 Å². The topological polar surface area (TPSA) is 117 Å². The van der Waals surface area contributed by atoms with Crippen molar-refractivity contribution in [3.63, 3.8) is 0 Å². The van der Waals surface area contributed by atoms with Crippen LogP contribution in [0.4, 0.5) is 10.3 Å². The first-order valence-electron chi connectivity index (χ1n) is 10.6. The first kappa shape index (κ1) is 21.1. The number of halogens is 2. The Kier molecular flexibility index (Phi) is 5.07. The Labute approximate surface area is 202 Å². The molecule has 5 aromatic rings. The van der Waals surface area contributed by atoms with Crippen LogP contribution in [0.5, 0.6) is 0 Å². The SMILES string of the molecule is Cc1nn(Cc2ccc(F)cc2)c(Cl)c1[C@H]1C=C(c2cccc(-n3cnnn3)c2)Nc2nnnn21. The lowest BCUT2D eigenvalue weighted by atomic mass is 10.0. The molecular formula is C22H17ClFN11. The molecule has 0 amide bonds. The Bertz CT molecular complexity index is 1540. The van der Waals surface area contributed by atoms with E-state index in [0.29, 0.717) is 17.6 Å². The number of aromatic nitrogens is 10. The van der Waals surface area contributed by atoms with Crippen molar-refractivity contribution in [2.24, 2.45) is 0 Å². The lowest BCUT2D eigenvalue weighted by molar-refractivity contribution is 0.583. The second kappa shape index (κ2) is 8.40. The van der Waals surface area contributed by atoms with Crippen molar-refractivity contribution in [2.75, 3.05) is 5.32 Å². The maximum atomic E-state index is 13.3. The minimum Gasteiger partial charge on any atom is -0.323 e. The number of nitrogens with zero attached hydrogens (tertiary/aromatic N) is 10. The largest absolute Gasteiger partial charge is 0.323 e. The van der Waals surface area contributed by atoms with Gasteiger partial charge in [0.05, 0.1) is 17.9 Å². The van der Waals surface area contributed by atoms with Gasteiger partial charge in [-0.1, -0.05) is 41.0 Å². The van der Waals surface area contributed by atoms with Crippen LogP contribution >= 0.6 is 11.6 Å². The Morgan fingerprint density at radius 2 is 1.94 bits per heavy atom. The maximum Gasteiger partial charge on any atom is 0.248 e. The predicted molar refractivity (Wildman–Crippen MR) is 124 cm³/mol. The quantitative estimate of drug-likeness (QED) is 0.400. The van der Waals surface area contributed by atoms with Gasteiger partial charge < -0.3 is 5.32 Å². The Balaban J connectivity index is 1.40. The molecule has 174 valence electrons. The molecular weight excluding hydrogens is 473 g/mol. The van der Waals surface area contributed by atoms with Crippen LogP contribution in [0.25, 0.3) is 11.4 Å². The summed E-state index contributed by atoms with van der Waals surface area (Å²) in [4.78, 5) is 0. The van der Waals surface area contributed by atoms with E-state index in [1.54, 1.807) is 26.2 Å². The molecule has 0 saturated carbocycles.